The second-order valence-corrected chi connectivity index (χ2v) is 6.64. The molecule has 0 aromatic heterocycles. The molecule has 0 saturated heterocycles. The molecule has 0 atom stereocenters. The number of carbonyl (C=O) groups excluding carboxylic acids is 1. The Morgan fingerprint density at radius 2 is 1.44 bits per heavy atom. The number of carbonyl (C=O) groups is 1. The van der Waals surface area contributed by atoms with Gasteiger partial charge in [0, 0.05) is 5.57 Å². The average molecular weight is 336 g/mol. The Labute approximate surface area is 151 Å². The maximum absolute atomic E-state index is 11.2. The number of rotatable bonds is 9. The van der Waals surface area contributed by atoms with Crippen molar-refractivity contribution in [3.63, 3.8) is 0 Å². The van der Waals surface area contributed by atoms with Gasteiger partial charge >= 0.3 is 5.97 Å². The summed E-state index contributed by atoms with van der Waals surface area (Å²) in [6.07, 6.45) is 5.43. The predicted octanol–water partition coefficient (Wildman–Crippen LogP) is 5.88. The topological polar surface area (TPSA) is 26.3 Å². The maximum atomic E-state index is 11.2. The smallest absolute Gasteiger partial charge is 0.333 e. The summed E-state index contributed by atoms with van der Waals surface area (Å²) in [5, 5.41) is 0. The molecule has 0 radical (unpaired) electrons. The molecule has 2 rings (SSSR count). The van der Waals surface area contributed by atoms with Crippen LogP contribution in [-0.4, -0.2) is 12.6 Å². The van der Waals surface area contributed by atoms with E-state index in [0.717, 1.165) is 32.1 Å². The van der Waals surface area contributed by atoms with Gasteiger partial charge in [-0.15, -0.1) is 0 Å². The Kier molecular flexibility index (Phi) is 7.46. The molecular formula is C23H28O2. The van der Waals surface area contributed by atoms with E-state index in [0.29, 0.717) is 12.2 Å². The zero-order chi connectivity index (χ0) is 18.1. The van der Waals surface area contributed by atoms with Crippen LogP contribution in [0, 0.1) is 6.92 Å². The number of benzene rings is 2. The molecule has 0 heterocycles. The molecule has 0 bridgehead atoms. The summed E-state index contributed by atoms with van der Waals surface area (Å²) in [6, 6.07) is 17.5. The molecule has 2 heteroatoms. The van der Waals surface area contributed by atoms with Crippen LogP contribution in [0.4, 0.5) is 0 Å². The van der Waals surface area contributed by atoms with E-state index in [4.69, 9.17) is 4.74 Å². The van der Waals surface area contributed by atoms with E-state index in [-0.39, 0.29) is 5.97 Å². The summed E-state index contributed by atoms with van der Waals surface area (Å²) in [5.74, 6) is -0.284. The normalized spacial score (nSPS) is 10.5. The van der Waals surface area contributed by atoms with Crippen molar-refractivity contribution >= 4 is 5.97 Å². The van der Waals surface area contributed by atoms with Gasteiger partial charge in [0.2, 0.25) is 0 Å². The van der Waals surface area contributed by atoms with Crippen LogP contribution in [0.5, 0.6) is 0 Å². The molecule has 0 aliphatic rings. The summed E-state index contributed by atoms with van der Waals surface area (Å²) in [6.45, 7) is 7.85. The zero-order valence-corrected chi connectivity index (χ0v) is 15.4. The highest BCUT2D eigenvalue weighted by Gasteiger charge is 2.02. The van der Waals surface area contributed by atoms with Crippen molar-refractivity contribution in [1.82, 2.24) is 0 Å². The second kappa shape index (κ2) is 9.83. The van der Waals surface area contributed by atoms with Crippen molar-refractivity contribution in [1.29, 1.82) is 0 Å². The first-order chi connectivity index (χ1) is 12.1. The quantitative estimate of drug-likeness (QED) is 0.324. The Morgan fingerprint density at radius 1 is 0.880 bits per heavy atom. The lowest BCUT2D eigenvalue weighted by Crippen LogP contribution is -2.06. The van der Waals surface area contributed by atoms with E-state index in [1.165, 1.54) is 22.3 Å². The molecule has 0 aliphatic heterocycles. The van der Waals surface area contributed by atoms with Gasteiger partial charge in [0.15, 0.2) is 0 Å². The van der Waals surface area contributed by atoms with Crippen LogP contribution in [0.25, 0.3) is 11.1 Å². The lowest BCUT2D eigenvalue weighted by atomic mass is 10.0. The van der Waals surface area contributed by atoms with Crippen molar-refractivity contribution in [2.45, 2.75) is 46.0 Å². The molecule has 25 heavy (non-hydrogen) atoms. The van der Waals surface area contributed by atoms with Gasteiger partial charge in [-0.2, -0.15) is 0 Å². The van der Waals surface area contributed by atoms with Crippen LogP contribution < -0.4 is 0 Å². The molecular weight excluding hydrogens is 308 g/mol. The number of unbranched alkanes of at least 4 members (excludes halogenated alkanes) is 3. The van der Waals surface area contributed by atoms with E-state index < -0.39 is 0 Å². The number of aryl methyl sites for hydroxylation is 2. The number of hydrogen-bond acceptors (Lipinski definition) is 2. The monoisotopic (exact) mass is 336 g/mol. The minimum atomic E-state index is -0.284. The number of ether oxygens (including phenoxy) is 1. The number of hydrogen-bond donors (Lipinski definition) is 0. The van der Waals surface area contributed by atoms with Crippen molar-refractivity contribution in [3.05, 3.63) is 71.8 Å². The summed E-state index contributed by atoms with van der Waals surface area (Å²) in [7, 11) is 0. The van der Waals surface area contributed by atoms with E-state index in [1.807, 2.05) is 0 Å². The van der Waals surface area contributed by atoms with Crippen LogP contribution in [0.3, 0.4) is 0 Å². The maximum Gasteiger partial charge on any atom is 0.333 e. The highest BCUT2D eigenvalue weighted by molar-refractivity contribution is 5.86. The Hall–Kier alpha value is -2.35. The SMILES string of the molecule is C=C(C)C(=O)OCCCCCCc1ccc(-c2ccc(C)cc2)cc1. The van der Waals surface area contributed by atoms with E-state index in [1.54, 1.807) is 6.92 Å². The molecule has 0 unspecified atom stereocenters. The molecule has 0 N–H and O–H groups in total. The predicted molar refractivity (Wildman–Crippen MR) is 105 cm³/mol. The molecule has 0 spiro atoms. The first kappa shape index (κ1) is 19.0. The minimum Gasteiger partial charge on any atom is -0.462 e. The van der Waals surface area contributed by atoms with Gasteiger partial charge in [-0.3, -0.25) is 0 Å². The summed E-state index contributed by atoms with van der Waals surface area (Å²) >= 11 is 0. The lowest BCUT2D eigenvalue weighted by Gasteiger charge is -2.06. The fraction of sp³-hybridized carbons (Fsp3) is 0.348. The molecule has 2 nitrogen and oxygen atoms in total. The van der Waals surface area contributed by atoms with E-state index in [9.17, 15) is 4.79 Å². The van der Waals surface area contributed by atoms with E-state index in [2.05, 4.69) is 62.0 Å². The van der Waals surface area contributed by atoms with Crippen molar-refractivity contribution < 1.29 is 9.53 Å². The van der Waals surface area contributed by atoms with Gasteiger partial charge in [-0.1, -0.05) is 73.5 Å². The lowest BCUT2D eigenvalue weighted by molar-refractivity contribution is -0.139. The molecule has 2 aromatic rings. The average Bonchev–Trinajstić information content (AvgIpc) is 2.62. The van der Waals surface area contributed by atoms with Gasteiger partial charge in [-0.05, 0) is 49.8 Å². The zero-order valence-electron chi connectivity index (χ0n) is 15.4. The molecule has 0 aliphatic carbocycles. The fourth-order valence-electron chi connectivity index (χ4n) is 2.68. The first-order valence-corrected chi connectivity index (χ1v) is 9.05. The standard InChI is InChI=1S/C23H28O2/c1-18(2)23(24)25-17-7-5-4-6-8-20-11-15-22(16-12-20)21-13-9-19(3)10-14-21/h9-16H,1,4-8,17H2,2-3H3. The minimum absolute atomic E-state index is 0.284. The van der Waals surface area contributed by atoms with Crippen LogP contribution in [-0.2, 0) is 16.0 Å². The van der Waals surface area contributed by atoms with Crippen molar-refractivity contribution in [2.75, 3.05) is 6.61 Å². The third kappa shape index (κ3) is 6.58. The molecule has 0 fully saturated rings. The molecule has 132 valence electrons. The fourth-order valence-corrected chi connectivity index (χ4v) is 2.68. The molecule has 2 aromatic carbocycles. The highest BCUT2D eigenvalue weighted by Crippen LogP contribution is 2.21. The van der Waals surface area contributed by atoms with Gasteiger partial charge in [0.05, 0.1) is 6.61 Å². The van der Waals surface area contributed by atoms with Gasteiger partial charge in [-0.25, -0.2) is 4.79 Å². The van der Waals surface area contributed by atoms with Gasteiger partial charge in [0.1, 0.15) is 0 Å². The number of esters is 1. The first-order valence-electron chi connectivity index (χ1n) is 9.05. The second-order valence-electron chi connectivity index (χ2n) is 6.64. The highest BCUT2D eigenvalue weighted by atomic mass is 16.5. The summed E-state index contributed by atoms with van der Waals surface area (Å²) in [4.78, 5) is 11.2. The Bertz CT molecular complexity index is 681. The molecule has 0 saturated carbocycles. The van der Waals surface area contributed by atoms with Crippen LogP contribution in [0.1, 0.15) is 43.7 Å². The third-order valence-electron chi connectivity index (χ3n) is 4.28. The van der Waals surface area contributed by atoms with Crippen LogP contribution in [0.15, 0.2) is 60.7 Å². The largest absolute Gasteiger partial charge is 0.462 e. The van der Waals surface area contributed by atoms with Gasteiger partial charge < -0.3 is 4.74 Å². The van der Waals surface area contributed by atoms with Crippen LogP contribution >= 0.6 is 0 Å². The summed E-state index contributed by atoms with van der Waals surface area (Å²) in [5.41, 5.74) is 5.66. The Morgan fingerprint density at radius 3 is 2.04 bits per heavy atom. The third-order valence-corrected chi connectivity index (χ3v) is 4.28. The van der Waals surface area contributed by atoms with E-state index >= 15 is 0 Å². The van der Waals surface area contributed by atoms with Crippen molar-refractivity contribution in [3.8, 4) is 11.1 Å². The van der Waals surface area contributed by atoms with Gasteiger partial charge in [0.25, 0.3) is 0 Å². The van der Waals surface area contributed by atoms with Crippen LogP contribution in [0.2, 0.25) is 0 Å². The summed E-state index contributed by atoms with van der Waals surface area (Å²) < 4.78 is 5.09. The Balaban J connectivity index is 1.66. The van der Waals surface area contributed by atoms with Crippen molar-refractivity contribution in [2.24, 2.45) is 0 Å². The molecule has 0 amide bonds.